The molecule has 0 radical (unpaired) electrons. The van der Waals surface area contributed by atoms with Crippen molar-refractivity contribution in [3.8, 4) is 0 Å². The Balaban J connectivity index is 3.21. The summed E-state index contributed by atoms with van der Waals surface area (Å²) in [5.41, 5.74) is 0.602. The molecule has 0 saturated carbocycles. The van der Waals surface area contributed by atoms with Gasteiger partial charge >= 0.3 is 0 Å². The molecule has 0 aliphatic carbocycles. The van der Waals surface area contributed by atoms with Gasteiger partial charge in [-0.1, -0.05) is 33.1 Å². The smallest absolute Gasteiger partial charge is 0.0139 e. The topological polar surface area (TPSA) is 20.2 Å². The van der Waals surface area contributed by atoms with Crippen molar-refractivity contribution < 1.29 is 4.89 Å². The molecular formula is C8H19OP. The van der Waals surface area contributed by atoms with Crippen LogP contribution in [0.25, 0.3) is 0 Å². The summed E-state index contributed by atoms with van der Waals surface area (Å²) in [7, 11) is 0.166. The number of hydrogen-bond donors (Lipinski definition) is 1. The van der Waals surface area contributed by atoms with E-state index in [0.717, 1.165) is 0 Å². The Kier molecular flexibility index (Phi) is 7.79. The summed E-state index contributed by atoms with van der Waals surface area (Å²) in [6.07, 6.45) is 6.17. The van der Waals surface area contributed by atoms with Crippen LogP contribution in [0.15, 0.2) is 0 Å². The molecule has 0 rings (SSSR count). The lowest BCUT2D eigenvalue weighted by molar-refractivity contribution is 0.576. The molecule has 10 heavy (non-hydrogen) atoms. The van der Waals surface area contributed by atoms with Gasteiger partial charge in [-0.05, 0) is 12.8 Å². The van der Waals surface area contributed by atoms with Crippen molar-refractivity contribution >= 4 is 8.81 Å². The molecule has 0 bridgehead atoms. The molecule has 0 aromatic rings. The average Bonchev–Trinajstić information content (AvgIpc) is 1.98. The highest BCUT2D eigenvalue weighted by molar-refractivity contribution is 7.32. The first-order valence-corrected chi connectivity index (χ1v) is 5.27. The van der Waals surface area contributed by atoms with E-state index in [2.05, 4.69) is 13.8 Å². The quantitative estimate of drug-likeness (QED) is 0.595. The lowest BCUT2D eigenvalue weighted by Crippen LogP contribution is -1.98. The van der Waals surface area contributed by atoms with Crippen LogP contribution >= 0.6 is 8.81 Å². The summed E-state index contributed by atoms with van der Waals surface area (Å²) in [5, 5.41) is 0. The van der Waals surface area contributed by atoms with Crippen molar-refractivity contribution in [1.29, 1.82) is 0 Å². The Labute approximate surface area is 66.1 Å². The molecule has 2 unspecified atom stereocenters. The van der Waals surface area contributed by atoms with Gasteiger partial charge in [-0.15, -0.1) is 0 Å². The fraction of sp³-hybridized carbons (Fsp3) is 1.00. The van der Waals surface area contributed by atoms with Crippen molar-refractivity contribution in [1.82, 2.24) is 0 Å². The summed E-state index contributed by atoms with van der Waals surface area (Å²) < 4.78 is 0. The van der Waals surface area contributed by atoms with Gasteiger partial charge in [-0.25, -0.2) is 0 Å². The predicted octanol–water partition coefficient (Wildman–Crippen LogP) is 2.93. The molecule has 62 valence electrons. The first-order chi connectivity index (χ1) is 4.85. The molecule has 0 aliphatic rings. The van der Waals surface area contributed by atoms with Gasteiger partial charge in [0.15, 0.2) is 0 Å². The Morgan fingerprint density at radius 2 is 1.90 bits per heavy atom. The van der Waals surface area contributed by atoms with Crippen LogP contribution in [0.1, 0.15) is 46.0 Å². The fourth-order valence-electron chi connectivity index (χ4n) is 1.07. The van der Waals surface area contributed by atoms with Gasteiger partial charge in [0.2, 0.25) is 0 Å². The van der Waals surface area contributed by atoms with Crippen molar-refractivity contribution in [3.63, 3.8) is 0 Å². The maximum absolute atomic E-state index is 8.91. The molecule has 1 nitrogen and oxygen atoms in total. The van der Waals surface area contributed by atoms with Crippen molar-refractivity contribution in [2.45, 2.75) is 51.6 Å². The van der Waals surface area contributed by atoms with Crippen LogP contribution in [0.5, 0.6) is 0 Å². The summed E-state index contributed by atoms with van der Waals surface area (Å²) in [6.45, 7) is 4.38. The summed E-state index contributed by atoms with van der Waals surface area (Å²) in [5.74, 6) is 0. The minimum absolute atomic E-state index is 0.166. The van der Waals surface area contributed by atoms with Crippen molar-refractivity contribution in [2.75, 3.05) is 0 Å². The molecule has 0 aromatic heterocycles. The summed E-state index contributed by atoms with van der Waals surface area (Å²) in [4.78, 5) is 8.91. The standard InChI is InChI=1S/C8H19OP/c1-3-5-7-8(10-9)6-4-2/h8-10H,3-7H2,1-2H3. The maximum Gasteiger partial charge on any atom is 0.0139 e. The Morgan fingerprint density at radius 3 is 2.30 bits per heavy atom. The van der Waals surface area contributed by atoms with E-state index >= 15 is 0 Å². The van der Waals surface area contributed by atoms with Crippen LogP contribution in [0, 0.1) is 0 Å². The number of rotatable bonds is 6. The second kappa shape index (κ2) is 7.50. The lowest BCUT2D eigenvalue weighted by atomic mass is 10.1. The number of unbranched alkanes of at least 4 members (excludes halogenated alkanes) is 1. The van der Waals surface area contributed by atoms with Gasteiger partial charge < -0.3 is 4.89 Å². The van der Waals surface area contributed by atoms with Crippen molar-refractivity contribution in [2.24, 2.45) is 0 Å². The van der Waals surface area contributed by atoms with Gasteiger partial charge in [0.25, 0.3) is 0 Å². The van der Waals surface area contributed by atoms with Gasteiger partial charge in [-0.2, -0.15) is 0 Å². The molecule has 2 atom stereocenters. The second-order valence-electron chi connectivity index (χ2n) is 2.76. The second-order valence-corrected chi connectivity index (χ2v) is 3.83. The van der Waals surface area contributed by atoms with Crippen LogP contribution in [0.2, 0.25) is 0 Å². The van der Waals surface area contributed by atoms with E-state index in [0.29, 0.717) is 5.66 Å². The minimum atomic E-state index is 0.166. The molecule has 0 amide bonds. The summed E-state index contributed by atoms with van der Waals surface area (Å²) in [6, 6.07) is 0. The number of hydrogen-bond acceptors (Lipinski definition) is 1. The molecule has 2 heteroatoms. The highest BCUT2D eigenvalue weighted by atomic mass is 31.1. The molecule has 0 spiro atoms. The zero-order chi connectivity index (χ0) is 7.82. The SMILES string of the molecule is CCCCC(CCC)PO. The van der Waals surface area contributed by atoms with Crippen LogP contribution in [-0.2, 0) is 0 Å². The normalized spacial score (nSPS) is 14.7. The Bertz CT molecular complexity index is 66.3. The van der Waals surface area contributed by atoms with E-state index in [1.807, 2.05) is 0 Å². The van der Waals surface area contributed by atoms with E-state index in [9.17, 15) is 0 Å². The van der Waals surface area contributed by atoms with Gasteiger partial charge in [0.1, 0.15) is 0 Å². The first kappa shape index (κ1) is 10.4. The third kappa shape index (κ3) is 5.20. The Morgan fingerprint density at radius 1 is 1.20 bits per heavy atom. The van der Waals surface area contributed by atoms with E-state index < -0.39 is 0 Å². The Hall–Kier alpha value is 0.390. The van der Waals surface area contributed by atoms with Crippen LogP contribution in [0.3, 0.4) is 0 Å². The molecule has 0 aromatic carbocycles. The van der Waals surface area contributed by atoms with Gasteiger partial charge in [0.05, 0.1) is 0 Å². The van der Waals surface area contributed by atoms with Gasteiger partial charge in [0, 0.05) is 14.5 Å². The highest BCUT2D eigenvalue weighted by Gasteiger charge is 2.04. The van der Waals surface area contributed by atoms with Crippen LogP contribution in [0.4, 0.5) is 0 Å². The van der Waals surface area contributed by atoms with E-state index in [1.165, 1.54) is 32.1 Å². The predicted molar refractivity (Wildman–Crippen MR) is 48.8 cm³/mol. The molecule has 0 aliphatic heterocycles. The molecule has 1 N–H and O–H groups in total. The third-order valence-electron chi connectivity index (χ3n) is 1.73. The molecule has 0 fully saturated rings. The van der Waals surface area contributed by atoms with Gasteiger partial charge in [-0.3, -0.25) is 0 Å². The third-order valence-corrected chi connectivity index (χ3v) is 2.67. The average molecular weight is 162 g/mol. The largest absolute Gasteiger partial charge is 0.377 e. The minimum Gasteiger partial charge on any atom is -0.377 e. The van der Waals surface area contributed by atoms with E-state index in [4.69, 9.17) is 4.89 Å². The fourth-order valence-corrected chi connectivity index (χ4v) is 1.82. The first-order valence-electron chi connectivity index (χ1n) is 4.24. The molecule has 0 heterocycles. The zero-order valence-electron chi connectivity index (χ0n) is 7.06. The zero-order valence-corrected chi connectivity index (χ0v) is 8.06. The summed E-state index contributed by atoms with van der Waals surface area (Å²) >= 11 is 0. The molecule has 0 saturated heterocycles. The lowest BCUT2D eigenvalue weighted by Gasteiger charge is -2.10. The molecular weight excluding hydrogens is 143 g/mol. The van der Waals surface area contributed by atoms with Crippen LogP contribution in [-0.4, -0.2) is 10.6 Å². The highest BCUT2D eigenvalue weighted by Crippen LogP contribution is 2.23. The van der Waals surface area contributed by atoms with E-state index in [1.54, 1.807) is 0 Å². The maximum atomic E-state index is 8.91. The monoisotopic (exact) mass is 162 g/mol. The van der Waals surface area contributed by atoms with Crippen molar-refractivity contribution in [3.05, 3.63) is 0 Å². The van der Waals surface area contributed by atoms with Crippen LogP contribution < -0.4 is 0 Å². The van der Waals surface area contributed by atoms with E-state index in [-0.39, 0.29) is 8.81 Å².